The Hall–Kier alpha value is -2.28. The molecule has 0 amide bonds. The highest BCUT2D eigenvalue weighted by atomic mass is 16.6. The predicted molar refractivity (Wildman–Crippen MR) is 69.6 cm³/mol. The van der Waals surface area contributed by atoms with Gasteiger partial charge in [0.1, 0.15) is 0 Å². The molecule has 0 bridgehead atoms. The van der Waals surface area contributed by atoms with Crippen LogP contribution in [0.5, 0.6) is 0 Å². The fourth-order valence-corrected chi connectivity index (χ4v) is 1.72. The maximum absolute atomic E-state index is 10.5. The molecule has 0 atom stereocenters. The second-order valence-electron chi connectivity index (χ2n) is 4.57. The lowest BCUT2D eigenvalue weighted by molar-refractivity contribution is -0.384. The van der Waals surface area contributed by atoms with Crippen LogP contribution in [-0.2, 0) is 13.1 Å². The number of non-ortho nitro benzene ring substituents is 1. The van der Waals surface area contributed by atoms with E-state index in [1.807, 2.05) is 25.2 Å². The minimum absolute atomic E-state index is 0.0932. The van der Waals surface area contributed by atoms with Crippen molar-refractivity contribution in [2.75, 3.05) is 14.1 Å². The molecule has 100 valence electrons. The predicted octanol–water partition coefficient (Wildman–Crippen LogP) is 1.30. The zero-order valence-corrected chi connectivity index (χ0v) is 10.9. The standard InChI is InChI=1S/C12H15N5O2/c1-15(2)8-11-9-16(14-13-11)7-10-3-5-12(6-4-10)17(18)19/h3-6,9H,7-8H2,1-2H3. The molecule has 0 N–H and O–H groups in total. The van der Waals surface area contributed by atoms with Gasteiger partial charge in [-0.1, -0.05) is 17.3 Å². The Morgan fingerprint density at radius 3 is 2.58 bits per heavy atom. The molecule has 2 rings (SSSR count). The van der Waals surface area contributed by atoms with Crippen molar-refractivity contribution in [3.8, 4) is 0 Å². The molecule has 1 aromatic heterocycles. The first kappa shape index (κ1) is 13.2. The van der Waals surface area contributed by atoms with Crippen molar-refractivity contribution in [1.82, 2.24) is 19.9 Å². The van der Waals surface area contributed by atoms with Crippen LogP contribution in [0.25, 0.3) is 0 Å². The number of hydrogen-bond acceptors (Lipinski definition) is 5. The second kappa shape index (κ2) is 5.57. The van der Waals surface area contributed by atoms with E-state index in [0.717, 1.165) is 17.8 Å². The molecule has 1 heterocycles. The topological polar surface area (TPSA) is 77.1 Å². The molecule has 0 saturated heterocycles. The summed E-state index contributed by atoms with van der Waals surface area (Å²) in [6.07, 6.45) is 1.88. The van der Waals surface area contributed by atoms with E-state index in [1.54, 1.807) is 16.8 Å². The quantitative estimate of drug-likeness (QED) is 0.599. The average molecular weight is 261 g/mol. The molecular formula is C12H15N5O2. The molecule has 0 spiro atoms. The van der Waals surface area contributed by atoms with Gasteiger partial charge in [0, 0.05) is 18.7 Å². The van der Waals surface area contributed by atoms with Crippen molar-refractivity contribution < 1.29 is 4.92 Å². The molecule has 7 nitrogen and oxygen atoms in total. The van der Waals surface area contributed by atoms with Crippen LogP contribution in [0.4, 0.5) is 5.69 Å². The van der Waals surface area contributed by atoms with Crippen LogP contribution >= 0.6 is 0 Å². The maximum atomic E-state index is 10.5. The Balaban J connectivity index is 2.04. The van der Waals surface area contributed by atoms with E-state index >= 15 is 0 Å². The smallest absolute Gasteiger partial charge is 0.269 e. The van der Waals surface area contributed by atoms with Gasteiger partial charge in [0.25, 0.3) is 5.69 Å². The maximum Gasteiger partial charge on any atom is 0.269 e. The summed E-state index contributed by atoms with van der Waals surface area (Å²) in [5.41, 5.74) is 1.94. The van der Waals surface area contributed by atoms with Gasteiger partial charge in [-0.15, -0.1) is 5.10 Å². The first-order valence-electron chi connectivity index (χ1n) is 5.81. The van der Waals surface area contributed by atoms with Gasteiger partial charge in [-0.05, 0) is 19.7 Å². The number of nitro groups is 1. The molecular weight excluding hydrogens is 246 g/mol. The van der Waals surface area contributed by atoms with Gasteiger partial charge >= 0.3 is 0 Å². The van der Waals surface area contributed by atoms with Crippen LogP contribution in [0.3, 0.4) is 0 Å². The average Bonchev–Trinajstić information content (AvgIpc) is 2.76. The fourth-order valence-electron chi connectivity index (χ4n) is 1.72. The summed E-state index contributed by atoms with van der Waals surface area (Å²) in [4.78, 5) is 12.2. The molecule has 0 aliphatic heterocycles. The third-order valence-electron chi connectivity index (χ3n) is 2.56. The van der Waals surface area contributed by atoms with E-state index in [0.29, 0.717) is 6.54 Å². The van der Waals surface area contributed by atoms with Crippen LogP contribution in [0.15, 0.2) is 30.5 Å². The molecule has 1 aromatic carbocycles. The first-order chi connectivity index (χ1) is 9.04. The van der Waals surface area contributed by atoms with Crippen LogP contribution in [0.1, 0.15) is 11.3 Å². The van der Waals surface area contributed by atoms with Gasteiger partial charge in [-0.25, -0.2) is 4.68 Å². The zero-order chi connectivity index (χ0) is 13.8. The Morgan fingerprint density at radius 1 is 1.32 bits per heavy atom. The highest BCUT2D eigenvalue weighted by Gasteiger charge is 2.06. The third kappa shape index (κ3) is 3.59. The van der Waals surface area contributed by atoms with E-state index in [4.69, 9.17) is 0 Å². The highest BCUT2D eigenvalue weighted by Crippen LogP contribution is 2.12. The number of benzene rings is 1. The van der Waals surface area contributed by atoms with Crippen molar-refractivity contribution in [3.63, 3.8) is 0 Å². The van der Waals surface area contributed by atoms with Crippen LogP contribution < -0.4 is 0 Å². The van der Waals surface area contributed by atoms with Crippen LogP contribution in [0.2, 0.25) is 0 Å². The number of rotatable bonds is 5. The van der Waals surface area contributed by atoms with Crippen LogP contribution in [0, 0.1) is 10.1 Å². The normalized spacial score (nSPS) is 10.9. The van der Waals surface area contributed by atoms with Crippen molar-refractivity contribution in [1.29, 1.82) is 0 Å². The summed E-state index contributed by atoms with van der Waals surface area (Å²) in [5.74, 6) is 0. The molecule has 0 aliphatic rings. The Morgan fingerprint density at radius 2 is 2.00 bits per heavy atom. The van der Waals surface area contributed by atoms with Gasteiger partial charge in [-0.3, -0.25) is 10.1 Å². The van der Waals surface area contributed by atoms with Crippen molar-refractivity contribution in [2.45, 2.75) is 13.1 Å². The lowest BCUT2D eigenvalue weighted by atomic mass is 10.2. The monoisotopic (exact) mass is 261 g/mol. The molecule has 0 fully saturated rings. The second-order valence-corrected chi connectivity index (χ2v) is 4.57. The summed E-state index contributed by atoms with van der Waals surface area (Å²) in [6, 6.07) is 6.44. The lowest BCUT2D eigenvalue weighted by Gasteiger charge is -2.04. The summed E-state index contributed by atoms with van der Waals surface area (Å²) < 4.78 is 1.72. The molecule has 0 unspecified atom stereocenters. The van der Waals surface area contributed by atoms with E-state index in [2.05, 4.69) is 10.3 Å². The molecule has 0 aliphatic carbocycles. The van der Waals surface area contributed by atoms with Gasteiger partial charge in [-0.2, -0.15) is 0 Å². The summed E-state index contributed by atoms with van der Waals surface area (Å²) in [7, 11) is 3.94. The van der Waals surface area contributed by atoms with Gasteiger partial charge in [0.05, 0.1) is 23.4 Å². The Labute approximate surface area is 110 Å². The molecule has 19 heavy (non-hydrogen) atoms. The van der Waals surface area contributed by atoms with Gasteiger partial charge in [0.15, 0.2) is 0 Å². The largest absolute Gasteiger partial charge is 0.303 e. The summed E-state index contributed by atoms with van der Waals surface area (Å²) >= 11 is 0. The van der Waals surface area contributed by atoms with Gasteiger partial charge < -0.3 is 4.90 Å². The van der Waals surface area contributed by atoms with Gasteiger partial charge in [0.2, 0.25) is 0 Å². The fraction of sp³-hybridized carbons (Fsp3) is 0.333. The Bertz CT molecular complexity index is 562. The SMILES string of the molecule is CN(C)Cc1cn(Cc2ccc([N+](=O)[O-])cc2)nn1. The summed E-state index contributed by atoms with van der Waals surface area (Å²) in [5, 5.41) is 18.6. The molecule has 0 radical (unpaired) electrons. The third-order valence-corrected chi connectivity index (χ3v) is 2.56. The number of aromatic nitrogens is 3. The molecule has 7 heteroatoms. The van der Waals surface area contributed by atoms with Crippen molar-refractivity contribution in [2.24, 2.45) is 0 Å². The molecule has 2 aromatic rings. The lowest BCUT2D eigenvalue weighted by Crippen LogP contribution is -2.10. The highest BCUT2D eigenvalue weighted by molar-refractivity contribution is 5.32. The number of nitro benzene ring substituents is 1. The zero-order valence-electron chi connectivity index (χ0n) is 10.9. The minimum Gasteiger partial charge on any atom is -0.303 e. The minimum atomic E-state index is -0.408. The number of hydrogen-bond donors (Lipinski definition) is 0. The van der Waals surface area contributed by atoms with Crippen molar-refractivity contribution >= 4 is 5.69 Å². The van der Waals surface area contributed by atoms with Crippen LogP contribution in [-0.4, -0.2) is 38.9 Å². The molecule has 0 saturated carbocycles. The number of nitrogens with zero attached hydrogens (tertiary/aromatic N) is 5. The first-order valence-corrected chi connectivity index (χ1v) is 5.81. The summed E-state index contributed by atoms with van der Waals surface area (Å²) in [6.45, 7) is 1.29. The Kier molecular flexibility index (Phi) is 3.86. The van der Waals surface area contributed by atoms with E-state index in [-0.39, 0.29) is 5.69 Å². The van der Waals surface area contributed by atoms with E-state index in [1.165, 1.54) is 12.1 Å². The van der Waals surface area contributed by atoms with E-state index < -0.39 is 4.92 Å². The van der Waals surface area contributed by atoms with E-state index in [9.17, 15) is 10.1 Å². The van der Waals surface area contributed by atoms with Crippen molar-refractivity contribution in [3.05, 3.63) is 51.8 Å².